The Kier molecular flexibility index (Phi) is 5.36. The summed E-state index contributed by atoms with van der Waals surface area (Å²) in [5.74, 6) is -1.15. The van der Waals surface area contributed by atoms with Crippen molar-refractivity contribution in [2.75, 3.05) is 19.7 Å². The van der Waals surface area contributed by atoms with Gasteiger partial charge in [-0.3, -0.25) is 0 Å². The molecule has 1 heterocycles. The van der Waals surface area contributed by atoms with E-state index in [9.17, 15) is 9.59 Å². The molecule has 1 saturated heterocycles. The number of nitrogens with one attached hydrogen (secondary N) is 1. The predicted octanol–water partition coefficient (Wildman–Crippen LogP) is -0.359. The standard InChI is InChI=1S/C11H20N2O5/c1-7-5-13(6-8(2)18-7)11(17)12-9(3-4-14)10(15)16/h7-9,14H,3-6H2,1-2H3,(H,12,17)(H,15,16)/t7-,8+,9?. The number of aliphatic hydroxyl groups is 1. The maximum absolute atomic E-state index is 11.9. The zero-order chi connectivity index (χ0) is 13.7. The Balaban J connectivity index is 2.55. The summed E-state index contributed by atoms with van der Waals surface area (Å²) in [6.45, 7) is 4.30. The molecular formula is C11H20N2O5. The molecule has 104 valence electrons. The molecule has 0 radical (unpaired) electrons. The van der Waals surface area contributed by atoms with Crippen LogP contribution >= 0.6 is 0 Å². The molecule has 0 saturated carbocycles. The number of carbonyl (C=O) groups is 2. The van der Waals surface area contributed by atoms with E-state index in [4.69, 9.17) is 14.9 Å². The van der Waals surface area contributed by atoms with Gasteiger partial charge >= 0.3 is 12.0 Å². The first-order chi connectivity index (χ1) is 8.43. The number of hydrogen-bond donors (Lipinski definition) is 3. The molecule has 1 fully saturated rings. The second-order valence-electron chi connectivity index (χ2n) is 4.51. The summed E-state index contributed by atoms with van der Waals surface area (Å²) in [7, 11) is 0. The predicted molar refractivity (Wildman–Crippen MR) is 63.2 cm³/mol. The second kappa shape index (κ2) is 6.55. The van der Waals surface area contributed by atoms with E-state index in [0.717, 1.165) is 0 Å². The van der Waals surface area contributed by atoms with Crippen LogP contribution in [0.3, 0.4) is 0 Å². The summed E-state index contributed by atoms with van der Waals surface area (Å²) in [4.78, 5) is 24.3. The summed E-state index contributed by atoms with van der Waals surface area (Å²) in [6, 6.07) is -1.49. The molecule has 1 aliphatic heterocycles. The first-order valence-electron chi connectivity index (χ1n) is 5.98. The normalized spacial score (nSPS) is 25.6. The number of carboxylic acid groups (broad SMARTS) is 1. The van der Waals surface area contributed by atoms with Gasteiger partial charge in [-0.05, 0) is 13.8 Å². The monoisotopic (exact) mass is 260 g/mol. The number of aliphatic hydroxyl groups excluding tert-OH is 1. The highest BCUT2D eigenvalue weighted by Crippen LogP contribution is 2.10. The number of aliphatic carboxylic acids is 1. The number of hydrogen-bond acceptors (Lipinski definition) is 4. The molecule has 1 unspecified atom stereocenters. The number of urea groups is 1. The third kappa shape index (κ3) is 4.15. The number of carboxylic acids is 1. The molecule has 7 nitrogen and oxygen atoms in total. The van der Waals surface area contributed by atoms with Gasteiger partial charge in [-0.15, -0.1) is 0 Å². The van der Waals surface area contributed by atoms with Gasteiger partial charge < -0.3 is 25.2 Å². The minimum absolute atomic E-state index is 0.00345. The van der Waals surface area contributed by atoms with Gasteiger partial charge in [-0.25, -0.2) is 9.59 Å². The zero-order valence-corrected chi connectivity index (χ0v) is 10.6. The van der Waals surface area contributed by atoms with Gasteiger partial charge in [-0.1, -0.05) is 0 Å². The summed E-state index contributed by atoms with van der Waals surface area (Å²) < 4.78 is 5.49. The lowest BCUT2D eigenvalue weighted by molar-refractivity contribution is -0.139. The van der Waals surface area contributed by atoms with E-state index >= 15 is 0 Å². The number of amides is 2. The van der Waals surface area contributed by atoms with Crippen LogP contribution in [-0.2, 0) is 9.53 Å². The van der Waals surface area contributed by atoms with Gasteiger partial charge in [0, 0.05) is 26.1 Å². The number of morpholine rings is 1. The fourth-order valence-corrected chi connectivity index (χ4v) is 1.97. The van der Waals surface area contributed by atoms with E-state index in [1.165, 1.54) is 4.90 Å². The summed E-state index contributed by atoms with van der Waals surface area (Å²) in [5, 5.41) is 20.0. The summed E-state index contributed by atoms with van der Waals surface area (Å²) >= 11 is 0. The quantitative estimate of drug-likeness (QED) is 0.641. The van der Waals surface area contributed by atoms with Gasteiger partial charge in [0.15, 0.2) is 0 Å². The molecule has 0 bridgehead atoms. The molecule has 1 rings (SSSR count). The van der Waals surface area contributed by atoms with Crippen molar-refractivity contribution in [1.82, 2.24) is 10.2 Å². The third-order valence-corrected chi connectivity index (χ3v) is 2.72. The van der Waals surface area contributed by atoms with Gasteiger partial charge in [-0.2, -0.15) is 0 Å². The highest BCUT2D eigenvalue weighted by Gasteiger charge is 2.28. The minimum atomic E-state index is -1.15. The largest absolute Gasteiger partial charge is 0.480 e. The topological polar surface area (TPSA) is 99.1 Å². The average Bonchev–Trinajstić information content (AvgIpc) is 2.26. The zero-order valence-electron chi connectivity index (χ0n) is 10.6. The van der Waals surface area contributed by atoms with Gasteiger partial charge in [0.1, 0.15) is 6.04 Å². The third-order valence-electron chi connectivity index (χ3n) is 2.72. The first-order valence-corrected chi connectivity index (χ1v) is 5.98. The smallest absolute Gasteiger partial charge is 0.326 e. The molecule has 1 aliphatic rings. The van der Waals surface area contributed by atoms with Crippen molar-refractivity contribution in [1.29, 1.82) is 0 Å². The Morgan fingerprint density at radius 3 is 2.39 bits per heavy atom. The Hall–Kier alpha value is -1.34. The van der Waals surface area contributed by atoms with Crippen LogP contribution < -0.4 is 5.32 Å². The second-order valence-corrected chi connectivity index (χ2v) is 4.51. The highest BCUT2D eigenvalue weighted by atomic mass is 16.5. The van der Waals surface area contributed by atoms with E-state index in [-0.39, 0.29) is 25.2 Å². The number of nitrogens with zero attached hydrogens (tertiary/aromatic N) is 1. The van der Waals surface area contributed by atoms with Crippen molar-refractivity contribution in [2.24, 2.45) is 0 Å². The van der Waals surface area contributed by atoms with Crippen molar-refractivity contribution in [2.45, 2.75) is 38.5 Å². The van der Waals surface area contributed by atoms with Crippen LogP contribution in [0.5, 0.6) is 0 Å². The van der Waals surface area contributed by atoms with Crippen LogP contribution in [0, 0.1) is 0 Å². The van der Waals surface area contributed by atoms with E-state index in [1.54, 1.807) is 0 Å². The Bertz CT molecular complexity index is 300. The molecule has 0 aromatic carbocycles. The van der Waals surface area contributed by atoms with Crippen LogP contribution in [0.25, 0.3) is 0 Å². The molecule has 7 heteroatoms. The maximum Gasteiger partial charge on any atom is 0.326 e. The van der Waals surface area contributed by atoms with Gasteiger partial charge in [0.2, 0.25) is 0 Å². The Morgan fingerprint density at radius 2 is 1.94 bits per heavy atom. The van der Waals surface area contributed by atoms with Crippen molar-refractivity contribution in [3.05, 3.63) is 0 Å². The molecule has 18 heavy (non-hydrogen) atoms. The molecule has 2 amide bonds. The lowest BCUT2D eigenvalue weighted by Gasteiger charge is -2.35. The van der Waals surface area contributed by atoms with Crippen molar-refractivity contribution < 1.29 is 24.5 Å². The SMILES string of the molecule is C[C@@H]1CN(C(=O)NC(CCO)C(=O)O)C[C@H](C)O1. The fraction of sp³-hybridized carbons (Fsp3) is 0.818. The van der Waals surface area contributed by atoms with Gasteiger partial charge in [0.25, 0.3) is 0 Å². The van der Waals surface area contributed by atoms with Crippen LogP contribution in [0.4, 0.5) is 4.79 Å². The minimum Gasteiger partial charge on any atom is -0.480 e. The average molecular weight is 260 g/mol. The van der Waals surface area contributed by atoms with E-state index in [0.29, 0.717) is 13.1 Å². The van der Waals surface area contributed by atoms with Gasteiger partial charge in [0.05, 0.1) is 12.2 Å². The summed E-state index contributed by atoms with van der Waals surface area (Å²) in [6.07, 6.45) is -0.141. The first kappa shape index (κ1) is 14.7. The molecule has 0 spiro atoms. The van der Waals surface area contributed by atoms with E-state index in [2.05, 4.69) is 5.32 Å². The number of ether oxygens (including phenoxy) is 1. The summed E-state index contributed by atoms with van der Waals surface area (Å²) in [5.41, 5.74) is 0. The molecular weight excluding hydrogens is 240 g/mol. The van der Waals surface area contributed by atoms with E-state index < -0.39 is 18.0 Å². The lowest BCUT2D eigenvalue weighted by atomic mass is 10.2. The van der Waals surface area contributed by atoms with Crippen LogP contribution in [0.15, 0.2) is 0 Å². The molecule has 3 atom stereocenters. The fourth-order valence-electron chi connectivity index (χ4n) is 1.97. The van der Waals surface area contributed by atoms with E-state index in [1.807, 2.05) is 13.8 Å². The molecule has 0 aromatic rings. The number of carbonyl (C=O) groups excluding carboxylic acids is 1. The van der Waals surface area contributed by atoms with Crippen LogP contribution in [0.1, 0.15) is 20.3 Å². The molecule has 0 aromatic heterocycles. The van der Waals surface area contributed by atoms with Crippen molar-refractivity contribution in [3.63, 3.8) is 0 Å². The highest BCUT2D eigenvalue weighted by molar-refractivity contribution is 5.82. The maximum atomic E-state index is 11.9. The van der Waals surface area contributed by atoms with Crippen molar-refractivity contribution in [3.8, 4) is 0 Å². The molecule has 3 N–H and O–H groups in total. The van der Waals surface area contributed by atoms with Crippen LogP contribution in [-0.4, -0.2) is 65.1 Å². The number of rotatable bonds is 4. The molecule has 0 aliphatic carbocycles. The lowest BCUT2D eigenvalue weighted by Crippen LogP contribution is -2.54. The Labute approximate surface area is 106 Å². The van der Waals surface area contributed by atoms with Crippen LogP contribution in [0.2, 0.25) is 0 Å². The van der Waals surface area contributed by atoms with Crippen molar-refractivity contribution >= 4 is 12.0 Å². The Morgan fingerprint density at radius 1 is 1.39 bits per heavy atom.